The maximum atomic E-state index is 12.4. The number of ether oxygens (including phenoxy) is 2. The number of hydrogen-bond acceptors (Lipinski definition) is 6. The molecule has 0 aliphatic carbocycles. The van der Waals surface area contributed by atoms with Gasteiger partial charge < -0.3 is 4.74 Å². The van der Waals surface area contributed by atoms with Crippen LogP contribution in [-0.2, 0) is 30.8 Å². The molecule has 1 saturated heterocycles. The van der Waals surface area contributed by atoms with Gasteiger partial charge in [-0.3, -0.25) is 4.79 Å². The average Bonchev–Trinajstić information content (AvgIpc) is 2.85. The van der Waals surface area contributed by atoms with Crippen LogP contribution in [0.5, 0.6) is 11.5 Å². The van der Waals surface area contributed by atoms with E-state index < -0.39 is 22.7 Å². The van der Waals surface area contributed by atoms with E-state index in [-0.39, 0.29) is 11.9 Å². The molecule has 0 saturated carbocycles. The molecule has 0 N–H and O–H groups in total. The molecular formula is C27H30AsNO5S. The molecule has 0 radical (unpaired) electrons. The molecule has 8 heteroatoms. The number of hydrogen-bond donors (Lipinski definition) is 0. The number of rotatable bonds is 9. The molecule has 1 fully saturated rings. The molecule has 6 nitrogen and oxygen atoms in total. The maximum absolute atomic E-state index is 12.4. The summed E-state index contributed by atoms with van der Waals surface area (Å²) in [5.74, 6) is 1.29. The van der Waals surface area contributed by atoms with Gasteiger partial charge in [-0.2, -0.15) is 0 Å². The van der Waals surface area contributed by atoms with E-state index in [1.807, 2.05) is 66.7 Å². The van der Waals surface area contributed by atoms with Crippen LogP contribution >= 0.6 is 0 Å². The van der Waals surface area contributed by atoms with E-state index in [2.05, 4.69) is 17.0 Å². The van der Waals surface area contributed by atoms with E-state index in [0.29, 0.717) is 12.4 Å². The van der Waals surface area contributed by atoms with Crippen LogP contribution in [0.4, 0.5) is 0 Å². The van der Waals surface area contributed by atoms with Gasteiger partial charge in [-0.05, 0) is 18.4 Å². The van der Waals surface area contributed by atoms with Gasteiger partial charge in [0.05, 0.1) is 5.92 Å². The third-order valence-electron chi connectivity index (χ3n) is 5.87. The Kier molecular flexibility index (Phi) is 8.66. The predicted octanol–water partition coefficient (Wildman–Crippen LogP) is 3.46. The van der Waals surface area contributed by atoms with Crippen molar-refractivity contribution in [3.05, 3.63) is 90.0 Å². The van der Waals surface area contributed by atoms with Crippen molar-refractivity contribution in [3.8, 4) is 11.5 Å². The summed E-state index contributed by atoms with van der Waals surface area (Å²) in [7, 11) is -2.93. The first-order valence-electron chi connectivity index (χ1n) is 11.6. The zero-order valence-corrected chi connectivity index (χ0v) is 22.6. The Bertz CT molecular complexity index is 1210. The molecule has 184 valence electrons. The van der Waals surface area contributed by atoms with Crippen LogP contribution in [0.25, 0.3) is 0 Å². The standard InChI is InChI=1S/C27H30AsNO5S/c1-35(31,32)28-24-9-13-26(14-10-24)34-25-11-7-21(8-12-25)19-29-17-15-23(16-18-29)27(30)33-20-22-5-3-2-4-6-22/h2-14,23,28H,15-20H2,1H3. The van der Waals surface area contributed by atoms with Crippen molar-refractivity contribution in [3.63, 3.8) is 0 Å². The second-order valence-electron chi connectivity index (χ2n) is 8.79. The van der Waals surface area contributed by atoms with E-state index in [0.717, 1.165) is 48.1 Å². The van der Waals surface area contributed by atoms with Crippen molar-refractivity contribution in [1.82, 2.24) is 4.90 Å². The van der Waals surface area contributed by atoms with Gasteiger partial charge in [0.1, 0.15) is 6.61 Å². The van der Waals surface area contributed by atoms with Gasteiger partial charge in [0.25, 0.3) is 0 Å². The SMILES string of the molecule is CS(=O)(=O)[AsH]c1ccc(Oc2ccc(CN3CCC(C(=O)OCc4ccccc4)CC3)cc2)cc1. The predicted molar refractivity (Wildman–Crippen MR) is 139 cm³/mol. The molecule has 0 aromatic heterocycles. The van der Waals surface area contributed by atoms with Crippen molar-refractivity contribution >= 4 is 33.0 Å². The Balaban J connectivity index is 1.21. The molecule has 1 atom stereocenters. The second-order valence-corrected chi connectivity index (χ2v) is 17.7. The molecule has 3 aromatic carbocycles. The van der Waals surface area contributed by atoms with Gasteiger partial charge in [0.15, 0.2) is 0 Å². The van der Waals surface area contributed by atoms with Gasteiger partial charge in [-0.1, -0.05) is 30.3 Å². The number of carbonyl (C=O) groups is 1. The van der Waals surface area contributed by atoms with Crippen molar-refractivity contribution in [2.75, 3.05) is 19.3 Å². The summed E-state index contributed by atoms with van der Waals surface area (Å²) in [5, 5.41) is 0. The number of esters is 1. The third kappa shape index (κ3) is 8.24. The van der Waals surface area contributed by atoms with Gasteiger partial charge in [-0.25, -0.2) is 0 Å². The zero-order chi connectivity index (χ0) is 24.7. The van der Waals surface area contributed by atoms with E-state index in [4.69, 9.17) is 9.47 Å². The molecular weight excluding hydrogens is 525 g/mol. The number of nitrogens with zero attached hydrogens (tertiary/aromatic N) is 1. The summed E-state index contributed by atoms with van der Waals surface area (Å²) < 4.78 is 35.2. The van der Waals surface area contributed by atoms with Crippen molar-refractivity contribution in [2.45, 2.75) is 26.0 Å². The fourth-order valence-corrected chi connectivity index (χ4v) is 8.50. The van der Waals surface area contributed by atoms with Crippen molar-refractivity contribution in [2.24, 2.45) is 5.92 Å². The van der Waals surface area contributed by atoms with Gasteiger partial charge in [0.2, 0.25) is 0 Å². The van der Waals surface area contributed by atoms with Gasteiger partial charge in [0, 0.05) is 0 Å². The molecule has 35 heavy (non-hydrogen) atoms. The van der Waals surface area contributed by atoms with Crippen LogP contribution in [0.15, 0.2) is 78.9 Å². The molecule has 1 heterocycles. The van der Waals surface area contributed by atoms with E-state index in [1.165, 1.54) is 11.8 Å². The first kappa shape index (κ1) is 25.5. The Morgan fingerprint density at radius 1 is 0.886 bits per heavy atom. The minimum atomic E-state index is -2.93. The Hall–Kier alpha value is -2.60. The average molecular weight is 556 g/mol. The number of likely N-dealkylation sites (tertiary alicyclic amines) is 1. The molecule has 0 amide bonds. The number of piperidine rings is 1. The molecule has 3 aromatic rings. The zero-order valence-electron chi connectivity index (χ0n) is 19.7. The second kappa shape index (κ2) is 11.9. The Morgan fingerprint density at radius 2 is 1.49 bits per heavy atom. The van der Waals surface area contributed by atoms with Crippen LogP contribution in [0.1, 0.15) is 24.0 Å². The quantitative estimate of drug-likeness (QED) is 0.298. The summed E-state index contributed by atoms with van der Waals surface area (Å²) in [6.45, 7) is 2.90. The third-order valence-corrected chi connectivity index (χ3v) is 11.0. The summed E-state index contributed by atoms with van der Waals surface area (Å²) >= 11 is -1.18. The summed E-state index contributed by atoms with van der Waals surface area (Å²) in [4.78, 5) is 14.8. The fraction of sp³-hybridized carbons (Fsp3) is 0.296. The summed E-state index contributed by atoms with van der Waals surface area (Å²) in [6, 6.07) is 25.0. The molecule has 1 aliphatic rings. The van der Waals surface area contributed by atoms with E-state index >= 15 is 0 Å². The normalized spacial score (nSPS) is 15.3. The Morgan fingerprint density at radius 3 is 2.09 bits per heavy atom. The van der Waals surface area contributed by atoms with Gasteiger partial charge >= 0.3 is 143 Å². The molecule has 4 rings (SSSR count). The van der Waals surface area contributed by atoms with Crippen LogP contribution < -0.4 is 9.09 Å². The minimum absolute atomic E-state index is 0.0306. The van der Waals surface area contributed by atoms with Crippen LogP contribution in [0, 0.1) is 5.92 Å². The summed E-state index contributed by atoms with van der Waals surface area (Å²) in [5.41, 5.74) is 2.20. The van der Waals surface area contributed by atoms with Crippen LogP contribution in [-0.4, -0.2) is 53.2 Å². The van der Waals surface area contributed by atoms with Crippen molar-refractivity contribution < 1.29 is 22.7 Å². The summed E-state index contributed by atoms with van der Waals surface area (Å²) in [6.07, 6.45) is 2.90. The Labute approximate surface area is 212 Å². The first-order valence-corrected chi connectivity index (χ1v) is 17.1. The monoisotopic (exact) mass is 555 g/mol. The topological polar surface area (TPSA) is 72.9 Å². The van der Waals surface area contributed by atoms with E-state index in [9.17, 15) is 13.2 Å². The van der Waals surface area contributed by atoms with E-state index in [1.54, 1.807) is 0 Å². The fourth-order valence-electron chi connectivity index (χ4n) is 4.04. The van der Waals surface area contributed by atoms with Crippen LogP contribution in [0.3, 0.4) is 0 Å². The molecule has 0 bridgehead atoms. The molecule has 1 unspecified atom stereocenters. The van der Waals surface area contributed by atoms with Crippen molar-refractivity contribution in [1.29, 1.82) is 0 Å². The molecule has 0 spiro atoms. The molecule has 1 aliphatic heterocycles. The number of benzene rings is 3. The van der Waals surface area contributed by atoms with Gasteiger partial charge in [-0.15, -0.1) is 0 Å². The number of carbonyl (C=O) groups excluding carboxylic acids is 1. The first-order chi connectivity index (χ1) is 16.8. The van der Waals surface area contributed by atoms with Crippen LogP contribution in [0.2, 0.25) is 0 Å².